The Labute approximate surface area is 231 Å². The molecule has 0 aromatic carbocycles. The van der Waals surface area contributed by atoms with Crippen LogP contribution in [0.5, 0.6) is 0 Å². The molecule has 0 rings (SSSR count). The van der Waals surface area contributed by atoms with Crippen LogP contribution in [0.4, 0.5) is 83.4 Å². The summed E-state index contributed by atoms with van der Waals surface area (Å²) in [6, 6.07) is 0. The second-order valence-corrected chi connectivity index (χ2v) is 10.3. The quantitative estimate of drug-likeness (QED) is 0.105. The molecule has 0 unspecified atom stereocenters. The van der Waals surface area contributed by atoms with E-state index in [1.807, 2.05) is 0 Å². The first-order valence-electron chi connectivity index (χ1n) is 11.3. The Morgan fingerprint density at radius 2 is 0.721 bits per heavy atom. The molecule has 0 aliphatic rings. The smallest absolute Gasteiger partial charge is 0.402 e. The van der Waals surface area contributed by atoms with Crippen molar-refractivity contribution in [1.29, 1.82) is 0 Å². The molecule has 0 N–H and O–H groups in total. The number of nitrogens with zero attached hydrogens (tertiary/aromatic N) is 1. The molecular weight excluding hydrogens is 683 g/mol. The van der Waals surface area contributed by atoms with Crippen LogP contribution in [-0.2, 0) is 10.1 Å². The lowest BCUT2D eigenvalue weighted by Crippen LogP contribution is -2.75. The molecule has 0 atom stereocenters. The minimum Gasteiger partial charge on any atom is -0.743 e. The van der Waals surface area contributed by atoms with E-state index >= 15 is 0 Å². The normalized spacial score (nSPS) is 15.7. The molecule has 0 saturated heterocycles. The summed E-state index contributed by atoms with van der Waals surface area (Å²) in [5, 5.41) is -8.02. The Morgan fingerprint density at radius 3 is 0.930 bits per heavy atom. The average molecular weight is 707 g/mol. The van der Waals surface area contributed by atoms with E-state index in [1.54, 1.807) is 0 Å². The first kappa shape index (κ1) is 43.7. The van der Waals surface area contributed by atoms with Gasteiger partial charge in [-0.2, -0.15) is 83.4 Å². The molecule has 0 fully saturated rings. The predicted molar refractivity (Wildman–Crippen MR) is 107 cm³/mol. The number of rotatable bonds is 14. The maximum Gasteiger partial charge on any atom is 0.402 e. The maximum atomic E-state index is 13.4. The molecular formula is C19H24F19NO3S. The summed E-state index contributed by atoms with van der Waals surface area (Å²) in [6.07, 6.45) is -12.7. The molecule has 0 aromatic heterocycles. The van der Waals surface area contributed by atoms with Crippen LogP contribution in [-0.4, -0.2) is 96.5 Å². The summed E-state index contributed by atoms with van der Waals surface area (Å²) in [7, 11) is -8.21. The Kier molecular flexibility index (Phi) is 12.9. The summed E-state index contributed by atoms with van der Waals surface area (Å²) in [6.45, 7) is 14.2. The lowest BCUT2D eigenvalue weighted by molar-refractivity contribution is -0.921. The van der Waals surface area contributed by atoms with E-state index in [4.69, 9.17) is 0 Å². The van der Waals surface area contributed by atoms with Gasteiger partial charge in [-0.05, 0) is 27.7 Å². The summed E-state index contributed by atoms with van der Waals surface area (Å²) >= 11 is 0. The third-order valence-corrected chi connectivity index (χ3v) is 7.40. The molecule has 0 spiro atoms. The zero-order valence-corrected chi connectivity index (χ0v) is 22.8. The van der Waals surface area contributed by atoms with Crippen molar-refractivity contribution in [3.8, 4) is 0 Å². The fourth-order valence-electron chi connectivity index (χ4n) is 3.16. The van der Waals surface area contributed by atoms with Gasteiger partial charge >= 0.3 is 52.9 Å². The minimum absolute atomic E-state index is 1.28. The van der Waals surface area contributed by atoms with Crippen molar-refractivity contribution in [2.75, 3.05) is 26.2 Å². The Balaban J connectivity index is 0. The zero-order chi connectivity index (χ0) is 35.7. The van der Waals surface area contributed by atoms with Gasteiger partial charge in [0, 0.05) is 12.8 Å². The summed E-state index contributed by atoms with van der Waals surface area (Å²) < 4.78 is 278. The fraction of sp³-hybridized carbons (Fsp3) is 1.00. The van der Waals surface area contributed by atoms with Gasteiger partial charge in [-0.25, -0.2) is 8.42 Å². The molecule has 0 aliphatic carbocycles. The first-order chi connectivity index (χ1) is 18.4. The molecule has 43 heavy (non-hydrogen) atoms. The van der Waals surface area contributed by atoms with Crippen LogP contribution in [0.1, 0.15) is 40.5 Å². The third-order valence-electron chi connectivity index (χ3n) is 6.52. The van der Waals surface area contributed by atoms with E-state index in [-0.39, 0.29) is 0 Å². The molecule has 0 aliphatic heterocycles. The summed E-state index contributed by atoms with van der Waals surface area (Å²) in [5.41, 5.74) is 0. The van der Waals surface area contributed by atoms with Gasteiger partial charge in [0.25, 0.3) is 0 Å². The molecule has 24 heteroatoms. The second-order valence-electron chi connectivity index (χ2n) is 8.84. The van der Waals surface area contributed by atoms with Crippen LogP contribution in [0.2, 0.25) is 0 Å². The molecule has 0 amide bonds. The highest BCUT2D eigenvalue weighted by atomic mass is 32.2. The van der Waals surface area contributed by atoms with E-state index in [2.05, 4.69) is 27.7 Å². The van der Waals surface area contributed by atoms with E-state index in [9.17, 15) is 96.4 Å². The van der Waals surface area contributed by atoms with Crippen LogP contribution < -0.4 is 0 Å². The van der Waals surface area contributed by atoms with Gasteiger partial charge in [-0.1, -0.05) is 0 Å². The van der Waals surface area contributed by atoms with Crippen molar-refractivity contribution in [2.24, 2.45) is 0 Å². The van der Waals surface area contributed by atoms with E-state index in [0.29, 0.717) is 0 Å². The first-order valence-corrected chi connectivity index (χ1v) is 12.8. The SMILES string of the molecule is CC[N+](CC)(CC)CC.O=S(=O)([O-])C(F)(F)C(F)(F)C(F)(F)C(F)(F)C(F)(F)C(F)(F)C(F)(F)C(F)(F)CCC(F)(F)F. The van der Waals surface area contributed by atoms with Crippen molar-refractivity contribution >= 4 is 10.1 Å². The number of halogens is 19. The summed E-state index contributed by atoms with van der Waals surface area (Å²) in [4.78, 5) is 0. The van der Waals surface area contributed by atoms with Crippen LogP contribution in [0.3, 0.4) is 0 Å². The van der Waals surface area contributed by atoms with E-state index < -0.39 is 75.8 Å². The van der Waals surface area contributed by atoms with Crippen LogP contribution in [0, 0.1) is 0 Å². The largest absolute Gasteiger partial charge is 0.743 e. The predicted octanol–water partition coefficient (Wildman–Crippen LogP) is 7.80. The van der Waals surface area contributed by atoms with Crippen molar-refractivity contribution in [2.45, 2.75) is 93.4 Å². The standard InChI is InChI=1S/C11H5F19O3S.C8H20N/c12-3(13,1-2-4(14,15)16)5(17,18)6(19,20)7(21,22)8(23,24)9(25,26)10(27,28)11(29,30)34(31,32)33;1-5-9(6-2,7-3)8-4/h1-2H2,(H,31,32,33);5-8H2,1-4H3/q;+1/p-1. The highest BCUT2D eigenvalue weighted by molar-refractivity contribution is 7.86. The van der Waals surface area contributed by atoms with Crippen molar-refractivity contribution < 1.29 is 101 Å². The van der Waals surface area contributed by atoms with Gasteiger partial charge in [0.1, 0.15) is 0 Å². The van der Waals surface area contributed by atoms with E-state index in [0.717, 1.165) is 0 Å². The van der Waals surface area contributed by atoms with Gasteiger partial charge in [0.2, 0.25) is 0 Å². The van der Waals surface area contributed by atoms with Gasteiger partial charge < -0.3 is 9.04 Å². The maximum absolute atomic E-state index is 13.4. The number of hydrogen-bond acceptors (Lipinski definition) is 3. The molecule has 0 saturated carbocycles. The number of hydrogen-bond donors (Lipinski definition) is 0. The van der Waals surface area contributed by atoms with Gasteiger partial charge in [0.15, 0.2) is 10.1 Å². The number of alkyl halides is 19. The van der Waals surface area contributed by atoms with Gasteiger partial charge in [-0.15, -0.1) is 0 Å². The fourth-order valence-corrected chi connectivity index (χ4v) is 3.60. The molecule has 262 valence electrons. The average Bonchev–Trinajstić information content (AvgIpc) is 2.83. The van der Waals surface area contributed by atoms with Gasteiger partial charge in [0.05, 0.1) is 26.2 Å². The monoisotopic (exact) mass is 707 g/mol. The Morgan fingerprint density at radius 1 is 0.465 bits per heavy atom. The van der Waals surface area contributed by atoms with E-state index in [1.165, 1.54) is 30.7 Å². The topological polar surface area (TPSA) is 57.2 Å². The van der Waals surface area contributed by atoms with Gasteiger partial charge in [-0.3, -0.25) is 0 Å². The highest BCUT2D eigenvalue weighted by Gasteiger charge is 2.95. The number of quaternary nitrogens is 1. The Hall–Kier alpha value is -1.46. The second kappa shape index (κ2) is 12.7. The molecule has 4 nitrogen and oxygen atoms in total. The van der Waals surface area contributed by atoms with Crippen LogP contribution >= 0.6 is 0 Å². The molecule has 0 bridgehead atoms. The molecule has 0 aromatic rings. The lowest BCUT2D eigenvalue weighted by atomic mass is 9.88. The van der Waals surface area contributed by atoms with Crippen molar-refractivity contribution in [3.63, 3.8) is 0 Å². The van der Waals surface area contributed by atoms with Crippen LogP contribution in [0.25, 0.3) is 0 Å². The highest BCUT2D eigenvalue weighted by Crippen LogP contribution is 2.64. The van der Waals surface area contributed by atoms with Crippen molar-refractivity contribution in [1.82, 2.24) is 0 Å². The molecule has 0 radical (unpaired) electrons. The summed E-state index contributed by atoms with van der Waals surface area (Å²) in [5.74, 6) is -59.4. The zero-order valence-electron chi connectivity index (χ0n) is 22.0. The minimum atomic E-state index is -9.00. The van der Waals surface area contributed by atoms with Crippen LogP contribution in [0.15, 0.2) is 0 Å². The third kappa shape index (κ3) is 7.51. The van der Waals surface area contributed by atoms with Crippen molar-refractivity contribution in [3.05, 3.63) is 0 Å². The lowest BCUT2D eigenvalue weighted by Gasteiger charge is -2.43. The Bertz CT molecular complexity index is 1000. The molecule has 0 heterocycles.